The van der Waals surface area contributed by atoms with Crippen LogP contribution >= 0.6 is 0 Å². The summed E-state index contributed by atoms with van der Waals surface area (Å²) >= 11 is 0. The summed E-state index contributed by atoms with van der Waals surface area (Å²) in [7, 11) is 0. The monoisotopic (exact) mass is 284 g/mol. The number of carboxylic acid groups (broad SMARTS) is 1. The molecular weight excluding hydrogens is 271 g/mol. The van der Waals surface area contributed by atoms with Crippen LogP contribution in [0.5, 0.6) is 0 Å². The molecular formula is C16H13FN2O2. The van der Waals surface area contributed by atoms with Crippen LogP contribution in [0.15, 0.2) is 42.6 Å². The van der Waals surface area contributed by atoms with Gasteiger partial charge in [-0.2, -0.15) is 0 Å². The highest BCUT2D eigenvalue weighted by Gasteiger charge is 2.15. The van der Waals surface area contributed by atoms with Gasteiger partial charge in [0.15, 0.2) is 0 Å². The molecule has 0 saturated heterocycles. The van der Waals surface area contributed by atoms with Crippen molar-refractivity contribution in [2.24, 2.45) is 0 Å². The molecule has 106 valence electrons. The SMILES string of the molecule is O=C(O)CCc1c(-c2ccccn2)[nH]c2ccc(F)cc12. The number of halogens is 1. The Labute approximate surface area is 120 Å². The Hall–Kier alpha value is -2.69. The molecule has 0 saturated carbocycles. The minimum atomic E-state index is -0.882. The molecule has 3 aromatic rings. The second-order valence-corrected chi connectivity index (χ2v) is 4.78. The summed E-state index contributed by atoms with van der Waals surface area (Å²) in [5, 5.41) is 9.61. The number of aromatic nitrogens is 2. The summed E-state index contributed by atoms with van der Waals surface area (Å²) in [6, 6.07) is 9.96. The maximum absolute atomic E-state index is 13.5. The first-order valence-corrected chi connectivity index (χ1v) is 6.58. The Morgan fingerprint density at radius 2 is 2.14 bits per heavy atom. The maximum atomic E-state index is 13.5. The third-order valence-electron chi connectivity index (χ3n) is 3.38. The standard InChI is InChI=1S/C16H13FN2O2/c17-10-4-6-13-12(9-10)11(5-7-15(20)21)16(19-13)14-3-1-2-8-18-14/h1-4,6,8-9,19H,5,7H2,(H,20,21). The number of hydrogen-bond donors (Lipinski definition) is 2. The molecule has 0 radical (unpaired) electrons. The lowest BCUT2D eigenvalue weighted by Gasteiger charge is -2.03. The van der Waals surface area contributed by atoms with Crippen molar-refractivity contribution in [2.45, 2.75) is 12.8 Å². The van der Waals surface area contributed by atoms with Crippen molar-refractivity contribution in [3.05, 3.63) is 54.0 Å². The summed E-state index contributed by atoms with van der Waals surface area (Å²) in [6.45, 7) is 0. The molecule has 5 heteroatoms. The lowest BCUT2D eigenvalue weighted by Crippen LogP contribution is -1.98. The number of nitrogens with one attached hydrogen (secondary N) is 1. The predicted octanol–water partition coefficient (Wildman–Crippen LogP) is 3.39. The summed E-state index contributed by atoms with van der Waals surface area (Å²) in [5.41, 5.74) is 3.02. The van der Waals surface area contributed by atoms with Crippen molar-refractivity contribution in [3.8, 4) is 11.4 Å². The number of carbonyl (C=O) groups is 1. The van der Waals surface area contributed by atoms with Gasteiger partial charge < -0.3 is 10.1 Å². The van der Waals surface area contributed by atoms with Gasteiger partial charge in [0.25, 0.3) is 0 Å². The molecule has 0 aliphatic rings. The van der Waals surface area contributed by atoms with Crippen LogP contribution in [-0.4, -0.2) is 21.0 Å². The second-order valence-electron chi connectivity index (χ2n) is 4.78. The molecule has 2 N–H and O–H groups in total. The lowest BCUT2D eigenvalue weighted by molar-refractivity contribution is -0.136. The van der Waals surface area contributed by atoms with Crippen LogP contribution in [0, 0.1) is 5.82 Å². The van der Waals surface area contributed by atoms with Crippen LogP contribution < -0.4 is 0 Å². The molecule has 0 amide bonds. The molecule has 21 heavy (non-hydrogen) atoms. The number of pyridine rings is 1. The number of nitrogens with zero attached hydrogens (tertiary/aromatic N) is 1. The number of benzene rings is 1. The zero-order chi connectivity index (χ0) is 14.8. The molecule has 0 atom stereocenters. The normalized spacial score (nSPS) is 10.9. The molecule has 0 bridgehead atoms. The Kier molecular flexibility index (Phi) is 3.39. The molecule has 0 unspecified atom stereocenters. The first-order valence-electron chi connectivity index (χ1n) is 6.58. The van der Waals surface area contributed by atoms with Crippen molar-refractivity contribution >= 4 is 16.9 Å². The highest BCUT2D eigenvalue weighted by Crippen LogP contribution is 2.30. The first-order chi connectivity index (χ1) is 10.1. The van der Waals surface area contributed by atoms with E-state index in [2.05, 4.69) is 9.97 Å². The molecule has 0 aliphatic carbocycles. The fraction of sp³-hybridized carbons (Fsp3) is 0.125. The molecule has 0 spiro atoms. The van der Waals surface area contributed by atoms with E-state index in [0.29, 0.717) is 11.8 Å². The van der Waals surface area contributed by atoms with Gasteiger partial charge in [-0.25, -0.2) is 4.39 Å². The summed E-state index contributed by atoms with van der Waals surface area (Å²) in [6.07, 6.45) is 1.98. The van der Waals surface area contributed by atoms with Gasteiger partial charge in [-0.05, 0) is 42.3 Å². The van der Waals surface area contributed by atoms with Gasteiger partial charge >= 0.3 is 5.97 Å². The fourth-order valence-corrected chi connectivity index (χ4v) is 2.44. The molecule has 2 heterocycles. The quantitative estimate of drug-likeness (QED) is 0.771. The molecule has 4 nitrogen and oxygen atoms in total. The van der Waals surface area contributed by atoms with E-state index in [0.717, 1.165) is 22.5 Å². The van der Waals surface area contributed by atoms with E-state index >= 15 is 0 Å². The number of rotatable bonds is 4. The van der Waals surface area contributed by atoms with Gasteiger partial charge in [0.1, 0.15) is 5.82 Å². The highest BCUT2D eigenvalue weighted by atomic mass is 19.1. The van der Waals surface area contributed by atoms with Crippen molar-refractivity contribution in [3.63, 3.8) is 0 Å². The van der Waals surface area contributed by atoms with E-state index in [1.807, 2.05) is 18.2 Å². The molecule has 2 aromatic heterocycles. The third-order valence-corrected chi connectivity index (χ3v) is 3.38. The van der Waals surface area contributed by atoms with E-state index < -0.39 is 5.97 Å². The number of aryl methyl sites for hydroxylation is 1. The van der Waals surface area contributed by atoms with Gasteiger partial charge in [0, 0.05) is 23.5 Å². The Balaban J connectivity index is 2.18. The van der Waals surface area contributed by atoms with Crippen molar-refractivity contribution < 1.29 is 14.3 Å². The average molecular weight is 284 g/mol. The van der Waals surface area contributed by atoms with Gasteiger partial charge in [-0.1, -0.05) is 6.07 Å². The molecule has 3 rings (SSSR count). The number of hydrogen-bond acceptors (Lipinski definition) is 2. The Morgan fingerprint density at radius 3 is 2.86 bits per heavy atom. The smallest absolute Gasteiger partial charge is 0.303 e. The van der Waals surface area contributed by atoms with Gasteiger partial charge in [0.05, 0.1) is 11.4 Å². The van der Waals surface area contributed by atoms with Gasteiger partial charge in [-0.3, -0.25) is 9.78 Å². The summed E-state index contributed by atoms with van der Waals surface area (Å²) in [5.74, 6) is -1.22. The minimum Gasteiger partial charge on any atom is -0.481 e. The zero-order valence-corrected chi connectivity index (χ0v) is 11.1. The van der Waals surface area contributed by atoms with Crippen molar-refractivity contribution in [2.75, 3.05) is 0 Å². The van der Waals surface area contributed by atoms with E-state index in [4.69, 9.17) is 5.11 Å². The topological polar surface area (TPSA) is 66.0 Å². The van der Waals surface area contributed by atoms with Crippen LogP contribution in [0.1, 0.15) is 12.0 Å². The second kappa shape index (κ2) is 5.36. The largest absolute Gasteiger partial charge is 0.481 e. The molecule has 0 aliphatic heterocycles. The number of aromatic amines is 1. The molecule has 1 aromatic carbocycles. The van der Waals surface area contributed by atoms with Crippen molar-refractivity contribution in [1.29, 1.82) is 0 Å². The van der Waals surface area contributed by atoms with Gasteiger partial charge in [0.2, 0.25) is 0 Å². The first kappa shape index (κ1) is 13.3. The number of H-pyrrole nitrogens is 1. The number of fused-ring (bicyclic) bond motifs is 1. The van der Waals surface area contributed by atoms with Crippen LogP contribution in [0.2, 0.25) is 0 Å². The van der Waals surface area contributed by atoms with E-state index in [1.165, 1.54) is 12.1 Å². The van der Waals surface area contributed by atoms with E-state index in [-0.39, 0.29) is 12.2 Å². The van der Waals surface area contributed by atoms with Crippen molar-refractivity contribution in [1.82, 2.24) is 9.97 Å². The summed E-state index contributed by atoms with van der Waals surface area (Å²) < 4.78 is 13.5. The maximum Gasteiger partial charge on any atom is 0.303 e. The Morgan fingerprint density at radius 1 is 1.29 bits per heavy atom. The Bertz CT molecular complexity index is 797. The predicted molar refractivity (Wildman–Crippen MR) is 77.4 cm³/mol. The zero-order valence-electron chi connectivity index (χ0n) is 11.1. The molecule has 0 fully saturated rings. The van der Waals surface area contributed by atoms with Crippen LogP contribution in [-0.2, 0) is 11.2 Å². The lowest BCUT2D eigenvalue weighted by atomic mass is 10.0. The minimum absolute atomic E-state index is 0.0106. The van der Waals surface area contributed by atoms with Crippen LogP contribution in [0.4, 0.5) is 4.39 Å². The van der Waals surface area contributed by atoms with E-state index in [1.54, 1.807) is 12.3 Å². The van der Waals surface area contributed by atoms with E-state index in [9.17, 15) is 9.18 Å². The van der Waals surface area contributed by atoms with Crippen LogP contribution in [0.25, 0.3) is 22.3 Å². The fourth-order valence-electron chi connectivity index (χ4n) is 2.44. The number of aliphatic carboxylic acids is 1. The van der Waals surface area contributed by atoms with Crippen LogP contribution in [0.3, 0.4) is 0 Å². The summed E-state index contributed by atoms with van der Waals surface area (Å²) in [4.78, 5) is 18.3. The van der Waals surface area contributed by atoms with Gasteiger partial charge in [-0.15, -0.1) is 0 Å². The highest BCUT2D eigenvalue weighted by molar-refractivity contribution is 5.90. The average Bonchev–Trinajstić information content (AvgIpc) is 2.84. The number of carboxylic acids is 1. The third kappa shape index (κ3) is 2.63.